The summed E-state index contributed by atoms with van der Waals surface area (Å²) in [7, 11) is 1.79. The van der Waals surface area contributed by atoms with E-state index in [2.05, 4.69) is 4.98 Å². The lowest BCUT2D eigenvalue weighted by molar-refractivity contribution is -0.130. The zero-order valence-electron chi connectivity index (χ0n) is 9.93. The maximum Gasteiger partial charge on any atom is 0.242 e. The Kier molecular flexibility index (Phi) is 3.28. The van der Waals surface area contributed by atoms with Gasteiger partial charge in [-0.25, -0.2) is 0 Å². The van der Waals surface area contributed by atoms with E-state index in [1.54, 1.807) is 11.9 Å². The molecule has 0 fully saturated rings. The van der Waals surface area contributed by atoms with Crippen LogP contribution in [0.2, 0.25) is 0 Å². The first-order valence-corrected chi connectivity index (χ1v) is 5.95. The summed E-state index contributed by atoms with van der Waals surface area (Å²) in [5, 5.41) is 0. The number of imidazole rings is 1. The number of nitrogens with zero attached hydrogens (tertiary/aromatic N) is 2. The van der Waals surface area contributed by atoms with Gasteiger partial charge in [-0.1, -0.05) is 12.1 Å². The lowest BCUT2D eigenvalue weighted by atomic mass is 10.3. The molecule has 0 unspecified atom stereocenters. The number of benzene rings is 1. The number of fused-ring (bicyclic) bond motifs is 1. The minimum absolute atomic E-state index is 0.0633. The van der Waals surface area contributed by atoms with E-state index in [4.69, 9.17) is 12.2 Å². The molecule has 1 amide bonds. The molecule has 0 aliphatic rings. The molecule has 0 bridgehead atoms. The molecule has 90 valence electrons. The fourth-order valence-electron chi connectivity index (χ4n) is 1.70. The summed E-state index contributed by atoms with van der Waals surface area (Å²) in [4.78, 5) is 16.7. The van der Waals surface area contributed by atoms with Crippen molar-refractivity contribution >= 4 is 29.2 Å². The van der Waals surface area contributed by atoms with Gasteiger partial charge in [0.1, 0.15) is 6.54 Å². The number of aromatic nitrogens is 2. The van der Waals surface area contributed by atoms with Gasteiger partial charge < -0.3 is 14.5 Å². The van der Waals surface area contributed by atoms with Crippen LogP contribution in [0, 0.1) is 4.77 Å². The van der Waals surface area contributed by atoms with E-state index in [9.17, 15) is 4.79 Å². The largest absolute Gasteiger partial charge is 0.344 e. The predicted octanol–water partition coefficient (Wildman–Crippen LogP) is 2.18. The number of carbonyl (C=O) groups excluding carboxylic acids is 1. The molecule has 2 rings (SSSR count). The Balaban J connectivity index is 2.39. The molecule has 1 aromatic carbocycles. The number of aromatic amines is 1. The molecule has 4 nitrogen and oxygen atoms in total. The van der Waals surface area contributed by atoms with Crippen molar-refractivity contribution in [2.75, 3.05) is 13.6 Å². The second kappa shape index (κ2) is 4.71. The van der Waals surface area contributed by atoms with E-state index >= 15 is 0 Å². The average molecular weight is 249 g/mol. The normalized spacial score (nSPS) is 10.7. The lowest BCUT2D eigenvalue weighted by Gasteiger charge is -2.14. The fourth-order valence-corrected chi connectivity index (χ4v) is 1.97. The molecule has 5 heteroatoms. The molecule has 1 heterocycles. The number of likely N-dealkylation sites (N-methyl/N-ethyl adjacent to an activating group) is 1. The van der Waals surface area contributed by atoms with E-state index in [-0.39, 0.29) is 12.5 Å². The van der Waals surface area contributed by atoms with E-state index in [1.807, 2.05) is 35.8 Å². The molecular weight excluding hydrogens is 234 g/mol. The number of rotatable bonds is 3. The van der Waals surface area contributed by atoms with Crippen molar-refractivity contribution in [3.05, 3.63) is 29.0 Å². The SMILES string of the molecule is CCN(C)C(=O)Cn1c(=S)[nH]c2ccccc21. The van der Waals surface area contributed by atoms with Crippen molar-refractivity contribution < 1.29 is 4.79 Å². The van der Waals surface area contributed by atoms with Crippen LogP contribution in [-0.2, 0) is 11.3 Å². The Bertz CT molecular complexity index is 599. The smallest absolute Gasteiger partial charge is 0.242 e. The van der Waals surface area contributed by atoms with Gasteiger partial charge in [0.25, 0.3) is 0 Å². The second-order valence-corrected chi connectivity index (χ2v) is 4.33. The number of H-pyrrole nitrogens is 1. The van der Waals surface area contributed by atoms with Gasteiger partial charge in [0.05, 0.1) is 11.0 Å². The van der Waals surface area contributed by atoms with Crippen molar-refractivity contribution in [2.45, 2.75) is 13.5 Å². The molecular formula is C12H15N3OS. The molecule has 1 N–H and O–H groups in total. The topological polar surface area (TPSA) is 41.0 Å². The van der Waals surface area contributed by atoms with E-state index in [0.29, 0.717) is 11.3 Å². The third-order valence-corrected chi connectivity index (χ3v) is 3.20. The zero-order valence-corrected chi connectivity index (χ0v) is 10.8. The van der Waals surface area contributed by atoms with E-state index in [0.717, 1.165) is 11.0 Å². The Labute approximate surface area is 105 Å². The molecule has 0 aliphatic carbocycles. The van der Waals surface area contributed by atoms with Crippen LogP contribution in [0.3, 0.4) is 0 Å². The maximum absolute atomic E-state index is 11.9. The summed E-state index contributed by atoms with van der Waals surface area (Å²) < 4.78 is 2.42. The van der Waals surface area contributed by atoms with Crippen LogP contribution in [0.4, 0.5) is 0 Å². The summed E-state index contributed by atoms with van der Waals surface area (Å²) in [5.74, 6) is 0.0633. The molecule has 0 spiro atoms. The van der Waals surface area contributed by atoms with Gasteiger partial charge in [0.2, 0.25) is 5.91 Å². The van der Waals surface area contributed by atoms with Gasteiger partial charge in [-0.15, -0.1) is 0 Å². The van der Waals surface area contributed by atoms with Crippen LogP contribution < -0.4 is 0 Å². The molecule has 0 aliphatic heterocycles. The third kappa shape index (κ3) is 2.24. The molecule has 2 aromatic rings. The van der Waals surface area contributed by atoms with Crippen LogP contribution in [0.5, 0.6) is 0 Å². The van der Waals surface area contributed by atoms with Gasteiger partial charge in [0.15, 0.2) is 4.77 Å². The third-order valence-electron chi connectivity index (χ3n) is 2.88. The Hall–Kier alpha value is -1.62. The van der Waals surface area contributed by atoms with Crippen LogP contribution in [-0.4, -0.2) is 34.0 Å². The summed E-state index contributed by atoms with van der Waals surface area (Å²) in [5.41, 5.74) is 1.93. The highest BCUT2D eigenvalue weighted by molar-refractivity contribution is 7.71. The summed E-state index contributed by atoms with van der Waals surface area (Å²) in [6, 6.07) is 7.80. The van der Waals surface area contributed by atoms with Gasteiger partial charge in [-0.05, 0) is 31.3 Å². The minimum atomic E-state index is 0.0633. The number of para-hydroxylation sites is 2. The Morgan fingerprint density at radius 1 is 1.47 bits per heavy atom. The van der Waals surface area contributed by atoms with Crippen LogP contribution >= 0.6 is 12.2 Å². The summed E-state index contributed by atoms with van der Waals surface area (Å²) in [6.45, 7) is 2.94. The minimum Gasteiger partial charge on any atom is -0.344 e. The van der Waals surface area contributed by atoms with E-state index < -0.39 is 0 Å². The van der Waals surface area contributed by atoms with E-state index in [1.165, 1.54) is 0 Å². The Morgan fingerprint density at radius 2 is 2.18 bits per heavy atom. The molecule has 0 saturated carbocycles. The zero-order chi connectivity index (χ0) is 12.4. The number of carbonyl (C=O) groups is 1. The van der Waals surface area contributed by atoms with Crippen molar-refractivity contribution in [1.82, 2.24) is 14.5 Å². The maximum atomic E-state index is 11.9. The lowest BCUT2D eigenvalue weighted by Crippen LogP contribution is -2.29. The van der Waals surface area contributed by atoms with Crippen molar-refractivity contribution in [3.63, 3.8) is 0 Å². The van der Waals surface area contributed by atoms with Crippen molar-refractivity contribution in [1.29, 1.82) is 0 Å². The van der Waals surface area contributed by atoms with Crippen LogP contribution in [0.15, 0.2) is 24.3 Å². The average Bonchev–Trinajstić information content (AvgIpc) is 2.65. The number of amides is 1. The number of hydrogen-bond donors (Lipinski definition) is 1. The van der Waals surface area contributed by atoms with Crippen molar-refractivity contribution in [2.24, 2.45) is 0 Å². The molecule has 0 radical (unpaired) electrons. The predicted molar refractivity (Wildman–Crippen MR) is 70.4 cm³/mol. The van der Waals surface area contributed by atoms with Gasteiger partial charge in [0, 0.05) is 13.6 Å². The molecule has 1 aromatic heterocycles. The molecule has 0 atom stereocenters. The number of nitrogens with one attached hydrogen (secondary N) is 1. The highest BCUT2D eigenvalue weighted by atomic mass is 32.1. The first-order valence-electron chi connectivity index (χ1n) is 5.55. The fraction of sp³-hybridized carbons (Fsp3) is 0.333. The number of hydrogen-bond acceptors (Lipinski definition) is 2. The first-order chi connectivity index (χ1) is 8.13. The first kappa shape index (κ1) is 11.9. The highest BCUT2D eigenvalue weighted by Gasteiger charge is 2.10. The second-order valence-electron chi connectivity index (χ2n) is 3.94. The standard InChI is InChI=1S/C12H15N3OS/c1-3-14(2)11(16)8-15-10-7-5-4-6-9(10)13-12(15)17/h4-7H,3,8H2,1-2H3,(H,13,17). The molecule has 0 saturated heterocycles. The Morgan fingerprint density at radius 3 is 2.88 bits per heavy atom. The summed E-state index contributed by atoms with van der Waals surface area (Å²) >= 11 is 5.23. The van der Waals surface area contributed by atoms with Gasteiger partial charge in [-0.3, -0.25) is 4.79 Å². The van der Waals surface area contributed by atoms with Crippen molar-refractivity contribution in [3.8, 4) is 0 Å². The van der Waals surface area contributed by atoms with Crippen LogP contribution in [0.1, 0.15) is 6.92 Å². The van der Waals surface area contributed by atoms with Crippen LogP contribution in [0.25, 0.3) is 11.0 Å². The highest BCUT2D eigenvalue weighted by Crippen LogP contribution is 2.13. The molecule has 17 heavy (non-hydrogen) atoms. The monoisotopic (exact) mass is 249 g/mol. The quantitative estimate of drug-likeness (QED) is 0.847. The summed E-state index contributed by atoms with van der Waals surface area (Å²) in [6.07, 6.45) is 0. The van der Waals surface area contributed by atoms with Gasteiger partial charge in [-0.2, -0.15) is 0 Å². The van der Waals surface area contributed by atoms with Gasteiger partial charge >= 0.3 is 0 Å².